The van der Waals surface area contributed by atoms with Crippen molar-refractivity contribution in [1.82, 2.24) is 0 Å². The van der Waals surface area contributed by atoms with Gasteiger partial charge in [0.1, 0.15) is 11.6 Å². The minimum atomic E-state index is -0.336. The number of carbonyl (C=O) groups excluding carboxylic acids is 2. The molecule has 2 aromatic rings. The van der Waals surface area contributed by atoms with Crippen LogP contribution in [0.1, 0.15) is 22.8 Å². The minimum Gasteiger partial charge on any atom is -0.496 e. The molecule has 0 spiro atoms. The number of thioether (sulfide) groups is 1. The van der Waals surface area contributed by atoms with Crippen LogP contribution in [0.3, 0.4) is 0 Å². The Hall–Kier alpha value is -2.34. The topological polar surface area (TPSA) is 55.4 Å². The highest BCUT2D eigenvalue weighted by molar-refractivity contribution is 7.99. The van der Waals surface area contributed by atoms with Crippen LogP contribution in [-0.4, -0.2) is 24.6 Å². The number of amides is 1. The number of ketones is 1. The Kier molecular flexibility index (Phi) is 6.37. The number of hydrogen-bond donors (Lipinski definition) is 1. The van der Waals surface area contributed by atoms with Gasteiger partial charge in [0, 0.05) is 22.6 Å². The second kappa shape index (κ2) is 8.49. The van der Waals surface area contributed by atoms with Crippen LogP contribution in [0.5, 0.6) is 5.75 Å². The molecule has 0 atom stereocenters. The molecule has 24 heavy (non-hydrogen) atoms. The molecule has 0 saturated carbocycles. The molecule has 0 fully saturated rings. The van der Waals surface area contributed by atoms with Crippen molar-refractivity contribution >= 4 is 29.1 Å². The van der Waals surface area contributed by atoms with Gasteiger partial charge in [0.25, 0.3) is 0 Å². The number of halogens is 1. The molecule has 0 radical (unpaired) electrons. The predicted molar refractivity (Wildman–Crippen MR) is 94.2 cm³/mol. The molecular formula is C18H18FNO3S. The van der Waals surface area contributed by atoms with Gasteiger partial charge in [0.2, 0.25) is 5.91 Å². The number of nitrogens with one attached hydrogen (secondary N) is 1. The molecule has 0 unspecified atom stereocenters. The number of Topliss-reactive ketones (excluding diaryl/α,β-unsaturated/α-hetero) is 1. The fourth-order valence-electron chi connectivity index (χ4n) is 2.13. The number of anilines is 1. The summed E-state index contributed by atoms with van der Waals surface area (Å²) >= 11 is 1.36. The van der Waals surface area contributed by atoms with Gasteiger partial charge in [0.15, 0.2) is 5.78 Å². The number of hydrogen-bond acceptors (Lipinski definition) is 4. The molecule has 4 nitrogen and oxygen atoms in total. The average Bonchev–Trinajstić information content (AvgIpc) is 2.55. The molecule has 0 aromatic heterocycles. The molecule has 0 bridgehead atoms. The normalized spacial score (nSPS) is 10.3. The third-order valence-electron chi connectivity index (χ3n) is 3.29. The largest absolute Gasteiger partial charge is 0.496 e. The lowest BCUT2D eigenvalue weighted by Gasteiger charge is -2.09. The summed E-state index contributed by atoms with van der Waals surface area (Å²) in [5, 5.41) is 2.75. The molecule has 1 amide bonds. The first-order valence-corrected chi connectivity index (χ1v) is 8.46. The first-order valence-electron chi connectivity index (χ1n) is 7.30. The summed E-state index contributed by atoms with van der Waals surface area (Å²) in [6, 6.07) is 11.1. The molecule has 1 N–H and O–H groups in total. The molecule has 126 valence electrons. The Bertz CT molecular complexity index is 749. The zero-order valence-electron chi connectivity index (χ0n) is 13.5. The summed E-state index contributed by atoms with van der Waals surface area (Å²) in [6.45, 7) is 1.48. The van der Waals surface area contributed by atoms with E-state index in [2.05, 4.69) is 5.32 Å². The smallest absolute Gasteiger partial charge is 0.234 e. The predicted octanol–water partition coefficient (Wildman–Crippen LogP) is 3.91. The molecular weight excluding hydrogens is 329 g/mol. The summed E-state index contributed by atoms with van der Waals surface area (Å²) in [7, 11) is 1.52. The second-order valence-electron chi connectivity index (χ2n) is 5.13. The van der Waals surface area contributed by atoms with Crippen molar-refractivity contribution in [3.05, 3.63) is 59.4 Å². The fourth-order valence-corrected chi connectivity index (χ4v) is 2.93. The standard InChI is InChI=1S/C18H18FNO3S/c1-12(21)13-4-3-5-16(9-13)20-18(22)11-24-10-14-8-15(19)6-7-17(14)23-2/h3-9H,10-11H2,1-2H3,(H,20,22). The average molecular weight is 347 g/mol. The minimum absolute atomic E-state index is 0.0568. The van der Waals surface area contributed by atoms with E-state index in [0.717, 1.165) is 0 Å². The lowest BCUT2D eigenvalue weighted by atomic mass is 10.1. The van der Waals surface area contributed by atoms with Crippen molar-refractivity contribution < 1.29 is 18.7 Å². The van der Waals surface area contributed by atoms with Crippen molar-refractivity contribution in [2.45, 2.75) is 12.7 Å². The number of carbonyl (C=O) groups is 2. The summed E-state index contributed by atoms with van der Waals surface area (Å²) in [5.41, 5.74) is 1.83. The van der Waals surface area contributed by atoms with E-state index in [9.17, 15) is 14.0 Å². The zero-order valence-corrected chi connectivity index (χ0v) is 14.3. The molecule has 2 rings (SSSR count). The van der Waals surface area contributed by atoms with Crippen LogP contribution >= 0.6 is 11.8 Å². The first-order chi connectivity index (χ1) is 11.5. The highest BCUT2D eigenvalue weighted by Gasteiger charge is 2.08. The van der Waals surface area contributed by atoms with E-state index in [4.69, 9.17) is 4.74 Å². The number of rotatable bonds is 7. The number of benzene rings is 2. The van der Waals surface area contributed by atoms with Gasteiger partial charge < -0.3 is 10.1 Å². The van der Waals surface area contributed by atoms with Crippen LogP contribution in [0.25, 0.3) is 0 Å². The SMILES string of the molecule is COc1ccc(F)cc1CSCC(=O)Nc1cccc(C(C)=O)c1. The van der Waals surface area contributed by atoms with Gasteiger partial charge in [-0.2, -0.15) is 0 Å². The van der Waals surface area contributed by atoms with Crippen LogP contribution in [0.4, 0.5) is 10.1 Å². The summed E-state index contributed by atoms with van der Waals surface area (Å²) in [4.78, 5) is 23.3. The monoisotopic (exact) mass is 347 g/mol. The molecule has 0 saturated heterocycles. The lowest BCUT2D eigenvalue weighted by molar-refractivity contribution is -0.113. The van der Waals surface area contributed by atoms with Crippen molar-refractivity contribution in [3.8, 4) is 5.75 Å². The van der Waals surface area contributed by atoms with E-state index in [-0.39, 0.29) is 23.3 Å². The van der Waals surface area contributed by atoms with Crippen LogP contribution in [-0.2, 0) is 10.5 Å². The van der Waals surface area contributed by atoms with Crippen molar-refractivity contribution in [2.75, 3.05) is 18.2 Å². The maximum absolute atomic E-state index is 13.3. The fraction of sp³-hybridized carbons (Fsp3) is 0.222. The Balaban J connectivity index is 1.89. The lowest BCUT2D eigenvalue weighted by Crippen LogP contribution is -2.14. The highest BCUT2D eigenvalue weighted by Crippen LogP contribution is 2.24. The van der Waals surface area contributed by atoms with E-state index in [1.165, 1.54) is 37.9 Å². The van der Waals surface area contributed by atoms with Crippen LogP contribution < -0.4 is 10.1 Å². The molecule has 0 aliphatic rings. The van der Waals surface area contributed by atoms with Crippen molar-refractivity contribution in [1.29, 1.82) is 0 Å². The quantitative estimate of drug-likeness (QED) is 0.772. The molecule has 2 aromatic carbocycles. The number of ether oxygens (including phenoxy) is 1. The van der Waals surface area contributed by atoms with Gasteiger partial charge >= 0.3 is 0 Å². The van der Waals surface area contributed by atoms with Gasteiger partial charge in [-0.3, -0.25) is 9.59 Å². The summed E-state index contributed by atoms with van der Waals surface area (Å²) < 4.78 is 18.5. The highest BCUT2D eigenvalue weighted by atomic mass is 32.2. The van der Waals surface area contributed by atoms with E-state index in [0.29, 0.717) is 28.3 Å². The van der Waals surface area contributed by atoms with Crippen molar-refractivity contribution in [2.24, 2.45) is 0 Å². The third kappa shape index (κ3) is 5.09. The van der Waals surface area contributed by atoms with Gasteiger partial charge in [-0.1, -0.05) is 12.1 Å². The van der Waals surface area contributed by atoms with Crippen LogP contribution in [0, 0.1) is 5.82 Å². The first kappa shape index (κ1) is 18.0. The molecule has 0 aliphatic heterocycles. The summed E-state index contributed by atoms with van der Waals surface area (Å²) in [6.07, 6.45) is 0. The second-order valence-corrected chi connectivity index (χ2v) is 6.12. The molecule has 0 aliphatic carbocycles. The maximum Gasteiger partial charge on any atom is 0.234 e. The van der Waals surface area contributed by atoms with E-state index in [1.807, 2.05) is 0 Å². The van der Waals surface area contributed by atoms with Gasteiger partial charge in [-0.05, 0) is 37.3 Å². The Morgan fingerprint density at radius 2 is 2.00 bits per heavy atom. The van der Waals surface area contributed by atoms with E-state index in [1.54, 1.807) is 30.3 Å². The Morgan fingerprint density at radius 3 is 2.71 bits per heavy atom. The van der Waals surface area contributed by atoms with E-state index < -0.39 is 0 Å². The molecule has 6 heteroatoms. The van der Waals surface area contributed by atoms with E-state index >= 15 is 0 Å². The third-order valence-corrected chi connectivity index (χ3v) is 4.27. The van der Waals surface area contributed by atoms with Crippen molar-refractivity contribution in [3.63, 3.8) is 0 Å². The van der Waals surface area contributed by atoms with Gasteiger partial charge in [-0.25, -0.2) is 4.39 Å². The number of methoxy groups -OCH3 is 1. The van der Waals surface area contributed by atoms with Gasteiger partial charge in [-0.15, -0.1) is 11.8 Å². The Labute approximate surface area is 144 Å². The maximum atomic E-state index is 13.3. The van der Waals surface area contributed by atoms with Crippen LogP contribution in [0.15, 0.2) is 42.5 Å². The van der Waals surface area contributed by atoms with Crippen LogP contribution in [0.2, 0.25) is 0 Å². The summed E-state index contributed by atoms with van der Waals surface area (Å²) in [5.74, 6) is 0.691. The Morgan fingerprint density at radius 1 is 1.21 bits per heavy atom. The zero-order chi connectivity index (χ0) is 17.5. The molecule has 0 heterocycles. The van der Waals surface area contributed by atoms with Gasteiger partial charge in [0.05, 0.1) is 12.9 Å².